The second-order valence-corrected chi connectivity index (χ2v) is 5.51. The van der Waals surface area contributed by atoms with E-state index in [1.54, 1.807) is 6.92 Å². The van der Waals surface area contributed by atoms with Gasteiger partial charge in [0.25, 0.3) is 0 Å². The van der Waals surface area contributed by atoms with Crippen molar-refractivity contribution >= 4 is 28.4 Å². The maximum atomic E-state index is 12.5. The average Bonchev–Trinajstić information content (AvgIpc) is 2.90. The molecule has 0 unspecified atom stereocenters. The van der Waals surface area contributed by atoms with Crippen molar-refractivity contribution in [1.82, 2.24) is 5.32 Å². The summed E-state index contributed by atoms with van der Waals surface area (Å²) in [4.78, 5) is 15.8. The summed E-state index contributed by atoms with van der Waals surface area (Å²) in [5, 5.41) is 3.21. The van der Waals surface area contributed by atoms with Gasteiger partial charge in [-0.2, -0.15) is 13.2 Å². The topological polar surface area (TPSA) is 41.5 Å². The van der Waals surface area contributed by atoms with E-state index in [-0.39, 0.29) is 5.91 Å². The van der Waals surface area contributed by atoms with Crippen LogP contribution >= 0.6 is 11.8 Å². The zero-order valence-electron chi connectivity index (χ0n) is 11.2. The Hall–Kier alpha value is -1.76. The lowest BCUT2D eigenvalue weighted by atomic mass is 10.0. The molecule has 0 atom stereocenters. The zero-order valence-corrected chi connectivity index (χ0v) is 12.0. The SMILES string of the molecule is C/C(=C/C(=O)NC1=NCCS1)c1ccc(C(F)(F)F)cc1. The number of amides is 1. The molecule has 1 aromatic rings. The number of amidine groups is 1. The highest BCUT2D eigenvalue weighted by Gasteiger charge is 2.29. The van der Waals surface area contributed by atoms with E-state index in [4.69, 9.17) is 0 Å². The molecule has 21 heavy (non-hydrogen) atoms. The molecule has 0 bridgehead atoms. The molecule has 1 N–H and O–H groups in total. The van der Waals surface area contributed by atoms with E-state index in [1.807, 2.05) is 0 Å². The number of aliphatic imine (C=N–C) groups is 1. The van der Waals surface area contributed by atoms with Crippen LogP contribution in [0.15, 0.2) is 35.3 Å². The summed E-state index contributed by atoms with van der Waals surface area (Å²) in [6, 6.07) is 4.70. The standard InChI is InChI=1S/C14H13F3N2OS/c1-9(8-12(20)19-13-18-6-7-21-13)10-2-4-11(5-3-10)14(15,16)17/h2-5,8H,6-7H2,1H3,(H,18,19,20)/b9-8-. The quantitative estimate of drug-likeness (QED) is 0.851. The predicted molar refractivity (Wildman–Crippen MR) is 78.0 cm³/mol. The van der Waals surface area contributed by atoms with Crippen LogP contribution in [0.25, 0.3) is 5.57 Å². The van der Waals surface area contributed by atoms with Gasteiger partial charge < -0.3 is 5.32 Å². The molecule has 1 aliphatic heterocycles. The number of hydrogen-bond donors (Lipinski definition) is 1. The average molecular weight is 314 g/mol. The van der Waals surface area contributed by atoms with Crippen molar-refractivity contribution in [3.63, 3.8) is 0 Å². The molecule has 1 aromatic carbocycles. The summed E-state index contributed by atoms with van der Waals surface area (Å²) in [5.41, 5.74) is 0.448. The van der Waals surface area contributed by atoms with Gasteiger partial charge in [-0.3, -0.25) is 9.79 Å². The number of benzene rings is 1. The Bertz CT molecular complexity index is 591. The number of rotatable bonds is 2. The summed E-state index contributed by atoms with van der Waals surface area (Å²) in [5.74, 6) is 0.512. The molecular formula is C14H13F3N2OS. The summed E-state index contributed by atoms with van der Waals surface area (Å²) >= 11 is 1.46. The fraction of sp³-hybridized carbons (Fsp3) is 0.286. The minimum atomic E-state index is -4.36. The van der Waals surface area contributed by atoms with Crippen LogP contribution in [0.5, 0.6) is 0 Å². The zero-order chi connectivity index (χ0) is 15.5. The monoisotopic (exact) mass is 314 g/mol. The Kier molecular flexibility index (Phi) is 4.72. The van der Waals surface area contributed by atoms with Gasteiger partial charge in [0.2, 0.25) is 5.91 Å². The van der Waals surface area contributed by atoms with Gasteiger partial charge in [-0.15, -0.1) is 0 Å². The van der Waals surface area contributed by atoms with E-state index in [0.29, 0.717) is 22.8 Å². The summed E-state index contributed by atoms with van der Waals surface area (Å²) < 4.78 is 37.4. The third kappa shape index (κ3) is 4.35. The van der Waals surface area contributed by atoms with Crippen molar-refractivity contribution in [3.8, 4) is 0 Å². The fourth-order valence-corrected chi connectivity index (χ4v) is 2.49. The van der Waals surface area contributed by atoms with Crippen LogP contribution in [-0.4, -0.2) is 23.4 Å². The molecule has 0 radical (unpaired) electrons. The van der Waals surface area contributed by atoms with Gasteiger partial charge in [-0.1, -0.05) is 23.9 Å². The molecule has 112 valence electrons. The maximum Gasteiger partial charge on any atom is 0.416 e. The van der Waals surface area contributed by atoms with Crippen molar-refractivity contribution < 1.29 is 18.0 Å². The van der Waals surface area contributed by atoms with Gasteiger partial charge in [-0.05, 0) is 30.2 Å². The first-order valence-corrected chi connectivity index (χ1v) is 7.19. The number of allylic oxidation sites excluding steroid dienone is 1. The molecule has 0 saturated heterocycles. The van der Waals surface area contributed by atoms with Gasteiger partial charge in [-0.25, -0.2) is 0 Å². The summed E-state index contributed by atoms with van der Waals surface area (Å²) in [6.45, 7) is 2.35. The molecule has 1 heterocycles. The molecule has 3 nitrogen and oxygen atoms in total. The number of alkyl halides is 3. The number of carbonyl (C=O) groups is 1. The molecule has 0 aromatic heterocycles. The first-order chi connectivity index (χ1) is 9.86. The highest BCUT2D eigenvalue weighted by atomic mass is 32.2. The Morgan fingerprint density at radius 2 is 2.00 bits per heavy atom. The van der Waals surface area contributed by atoms with Crippen molar-refractivity contribution in [2.45, 2.75) is 13.1 Å². The van der Waals surface area contributed by atoms with E-state index in [9.17, 15) is 18.0 Å². The third-order valence-electron chi connectivity index (χ3n) is 2.83. The fourth-order valence-electron chi connectivity index (χ4n) is 1.75. The van der Waals surface area contributed by atoms with Crippen LogP contribution < -0.4 is 5.32 Å². The molecule has 7 heteroatoms. The number of halogens is 3. The number of hydrogen-bond acceptors (Lipinski definition) is 3. The lowest BCUT2D eigenvalue weighted by Gasteiger charge is -2.08. The molecule has 0 saturated carbocycles. The van der Waals surface area contributed by atoms with Gasteiger partial charge in [0, 0.05) is 11.8 Å². The lowest BCUT2D eigenvalue weighted by Crippen LogP contribution is -2.25. The molecule has 1 amide bonds. The first-order valence-electron chi connectivity index (χ1n) is 6.20. The predicted octanol–water partition coefficient (Wildman–Crippen LogP) is 3.33. The Balaban J connectivity index is 2.06. The minimum absolute atomic E-state index is 0.333. The second kappa shape index (κ2) is 6.34. The molecule has 0 aliphatic carbocycles. The van der Waals surface area contributed by atoms with Crippen molar-refractivity contribution in [2.75, 3.05) is 12.3 Å². The van der Waals surface area contributed by atoms with E-state index >= 15 is 0 Å². The van der Waals surface area contributed by atoms with Gasteiger partial charge >= 0.3 is 6.18 Å². The number of nitrogens with zero attached hydrogens (tertiary/aromatic N) is 1. The first kappa shape index (κ1) is 15.6. The third-order valence-corrected chi connectivity index (χ3v) is 3.72. The Morgan fingerprint density at radius 3 is 2.52 bits per heavy atom. The largest absolute Gasteiger partial charge is 0.416 e. The van der Waals surface area contributed by atoms with Crippen LogP contribution in [0.4, 0.5) is 13.2 Å². The van der Waals surface area contributed by atoms with Crippen LogP contribution in [0.3, 0.4) is 0 Å². The highest BCUT2D eigenvalue weighted by molar-refractivity contribution is 8.14. The normalized spacial score (nSPS) is 15.8. The van der Waals surface area contributed by atoms with E-state index in [2.05, 4.69) is 10.3 Å². The second-order valence-electron chi connectivity index (χ2n) is 4.43. The lowest BCUT2D eigenvalue weighted by molar-refractivity contribution is -0.137. The van der Waals surface area contributed by atoms with Crippen LogP contribution in [-0.2, 0) is 11.0 Å². The van der Waals surface area contributed by atoms with E-state index in [0.717, 1.165) is 17.9 Å². The van der Waals surface area contributed by atoms with E-state index < -0.39 is 11.7 Å². The van der Waals surface area contributed by atoms with Crippen LogP contribution in [0.1, 0.15) is 18.1 Å². The molecule has 0 fully saturated rings. The molecule has 1 aliphatic rings. The van der Waals surface area contributed by atoms with Crippen molar-refractivity contribution in [3.05, 3.63) is 41.5 Å². The summed E-state index contributed by atoms with van der Waals surface area (Å²) in [7, 11) is 0. The summed E-state index contributed by atoms with van der Waals surface area (Å²) in [6.07, 6.45) is -3.00. The number of nitrogens with one attached hydrogen (secondary N) is 1. The smallest absolute Gasteiger partial charge is 0.302 e. The van der Waals surface area contributed by atoms with Crippen molar-refractivity contribution in [2.24, 2.45) is 4.99 Å². The van der Waals surface area contributed by atoms with E-state index in [1.165, 1.54) is 30.0 Å². The molecule has 2 rings (SSSR count). The maximum absolute atomic E-state index is 12.5. The van der Waals surface area contributed by atoms with Gasteiger partial charge in [0.05, 0.1) is 12.1 Å². The Morgan fingerprint density at radius 1 is 1.33 bits per heavy atom. The van der Waals surface area contributed by atoms with Gasteiger partial charge in [0.1, 0.15) is 0 Å². The molecule has 0 spiro atoms. The Labute approximate surface area is 124 Å². The minimum Gasteiger partial charge on any atom is -0.302 e. The number of thioether (sulfide) groups is 1. The number of carbonyl (C=O) groups excluding carboxylic acids is 1. The van der Waals surface area contributed by atoms with Crippen molar-refractivity contribution in [1.29, 1.82) is 0 Å². The van der Waals surface area contributed by atoms with Gasteiger partial charge in [0.15, 0.2) is 5.17 Å². The van der Waals surface area contributed by atoms with Crippen LogP contribution in [0.2, 0.25) is 0 Å². The molecular weight excluding hydrogens is 301 g/mol. The highest BCUT2D eigenvalue weighted by Crippen LogP contribution is 2.29. The van der Waals surface area contributed by atoms with Crippen LogP contribution in [0, 0.1) is 0 Å².